The highest BCUT2D eigenvalue weighted by atomic mass is 16.6. The Balaban J connectivity index is 2.62. The summed E-state index contributed by atoms with van der Waals surface area (Å²) in [7, 11) is 1.83. The molecule has 9 heavy (non-hydrogen) atoms. The predicted molar refractivity (Wildman–Crippen MR) is 32.3 cm³/mol. The van der Waals surface area contributed by atoms with Crippen molar-refractivity contribution >= 4 is 0 Å². The van der Waals surface area contributed by atoms with Gasteiger partial charge in [0, 0.05) is 13.6 Å². The molecule has 0 aromatic carbocycles. The molecule has 0 amide bonds. The number of nitrogens with zero attached hydrogens (tertiary/aromatic N) is 2. The zero-order chi connectivity index (χ0) is 6.85. The second-order valence-electron chi connectivity index (χ2n) is 2.11. The molecule has 0 fully saturated rings. The van der Waals surface area contributed by atoms with E-state index in [0.717, 1.165) is 6.54 Å². The molecule has 0 unspecified atom stereocenters. The van der Waals surface area contributed by atoms with Crippen LogP contribution in [0.1, 0.15) is 6.42 Å². The van der Waals surface area contributed by atoms with Crippen LogP contribution in [0, 0.1) is 10.1 Å². The molecule has 50 valence electrons. The van der Waals surface area contributed by atoms with Crippen LogP contribution >= 0.6 is 0 Å². The summed E-state index contributed by atoms with van der Waals surface area (Å²) in [6.07, 6.45) is 2.14. The van der Waals surface area contributed by atoms with Crippen LogP contribution in [0.5, 0.6) is 0 Å². The van der Waals surface area contributed by atoms with Gasteiger partial charge >= 0.3 is 0 Å². The summed E-state index contributed by atoms with van der Waals surface area (Å²) in [5, 5.41) is 10.1. The molecule has 1 heterocycles. The van der Waals surface area contributed by atoms with Crippen LogP contribution in [-0.2, 0) is 0 Å². The Bertz CT molecular complexity index is 164. The normalized spacial score (nSPS) is 17.9. The van der Waals surface area contributed by atoms with Gasteiger partial charge in [-0.05, 0) is 0 Å². The van der Waals surface area contributed by atoms with Crippen molar-refractivity contribution in [3.8, 4) is 0 Å². The third kappa shape index (κ3) is 1.19. The lowest BCUT2D eigenvalue weighted by molar-refractivity contribution is -0.426. The Labute approximate surface area is 52.9 Å². The van der Waals surface area contributed by atoms with Gasteiger partial charge in [0.25, 0.3) is 5.70 Å². The molecular weight excluding hydrogens is 120 g/mol. The summed E-state index contributed by atoms with van der Waals surface area (Å²) in [6, 6.07) is 0. The van der Waals surface area contributed by atoms with Gasteiger partial charge in [0.2, 0.25) is 0 Å². The first-order chi connectivity index (χ1) is 4.20. The second-order valence-corrected chi connectivity index (χ2v) is 2.11. The van der Waals surface area contributed by atoms with Gasteiger partial charge in [0.05, 0.1) is 17.5 Å². The smallest absolute Gasteiger partial charge is 0.263 e. The van der Waals surface area contributed by atoms with E-state index in [4.69, 9.17) is 0 Å². The minimum absolute atomic E-state index is 0.317. The molecule has 0 saturated heterocycles. The monoisotopic (exact) mass is 128 g/mol. The van der Waals surface area contributed by atoms with Crippen molar-refractivity contribution in [3.63, 3.8) is 0 Å². The van der Waals surface area contributed by atoms with Crippen molar-refractivity contribution in [2.75, 3.05) is 13.6 Å². The van der Waals surface area contributed by atoms with Crippen molar-refractivity contribution in [1.29, 1.82) is 0 Å². The lowest BCUT2D eigenvalue weighted by Gasteiger charge is -2.00. The Kier molecular flexibility index (Phi) is 1.38. The minimum Gasteiger partial charge on any atom is -0.375 e. The average molecular weight is 128 g/mol. The first-order valence-corrected chi connectivity index (χ1v) is 2.75. The molecule has 0 radical (unpaired) electrons. The number of rotatable bonds is 1. The Morgan fingerprint density at radius 3 is 2.78 bits per heavy atom. The van der Waals surface area contributed by atoms with Gasteiger partial charge in [-0.1, -0.05) is 0 Å². The van der Waals surface area contributed by atoms with E-state index in [1.165, 1.54) is 0 Å². The fourth-order valence-electron chi connectivity index (χ4n) is 0.813. The van der Waals surface area contributed by atoms with Gasteiger partial charge in [-0.25, -0.2) is 0 Å². The van der Waals surface area contributed by atoms with Crippen LogP contribution < -0.4 is 0 Å². The number of hydrogen-bond donors (Lipinski definition) is 0. The first kappa shape index (κ1) is 6.07. The van der Waals surface area contributed by atoms with Gasteiger partial charge in [0.15, 0.2) is 0 Å². The lowest BCUT2D eigenvalue weighted by Crippen LogP contribution is -2.04. The fraction of sp³-hybridized carbons (Fsp3) is 0.600. The standard InChI is InChI=1S/C5H8N2O2/c1-6-3-2-5(4-6)7(8)9/h4H,2-3H2,1H3. The van der Waals surface area contributed by atoms with Crippen LogP contribution in [0.15, 0.2) is 11.9 Å². The predicted octanol–water partition coefficient (Wildman–Crippen LogP) is 0.440. The fourth-order valence-corrected chi connectivity index (χ4v) is 0.813. The van der Waals surface area contributed by atoms with Crippen molar-refractivity contribution in [1.82, 2.24) is 4.90 Å². The zero-order valence-electron chi connectivity index (χ0n) is 5.20. The van der Waals surface area contributed by atoms with Gasteiger partial charge in [0.1, 0.15) is 0 Å². The van der Waals surface area contributed by atoms with Crippen molar-refractivity contribution in [3.05, 3.63) is 22.0 Å². The van der Waals surface area contributed by atoms with Crippen molar-refractivity contribution in [2.24, 2.45) is 0 Å². The quantitative estimate of drug-likeness (QED) is 0.380. The second kappa shape index (κ2) is 2.05. The minimum atomic E-state index is -0.330. The molecule has 1 rings (SSSR count). The maximum atomic E-state index is 10.1. The third-order valence-corrected chi connectivity index (χ3v) is 1.32. The largest absolute Gasteiger partial charge is 0.375 e. The Hall–Kier alpha value is -1.06. The molecule has 0 spiro atoms. The zero-order valence-corrected chi connectivity index (χ0v) is 5.20. The van der Waals surface area contributed by atoms with Crippen LogP contribution in [-0.4, -0.2) is 23.4 Å². The Morgan fingerprint density at radius 2 is 2.56 bits per heavy atom. The van der Waals surface area contributed by atoms with Crippen LogP contribution in [0.4, 0.5) is 0 Å². The summed E-state index contributed by atoms with van der Waals surface area (Å²) in [5.74, 6) is 0. The maximum Gasteiger partial charge on any atom is 0.263 e. The number of hydrogen-bond acceptors (Lipinski definition) is 3. The highest BCUT2D eigenvalue weighted by Crippen LogP contribution is 2.11. The lowest BCUT2D eigenvalue weighted by atomic mass is 10.4. The summed E-state index contributed by atoms with van der Waals surface area (Å²) >= 11 is 0. The SMILES string of the molecule is CN1C=C([N+](=O)[O-])CC1. The molecule has 0 atom stereocenters. The van der Waals surface area contributed by atoms with E-state index in [1.54, 1.807) is 6.20 Å². The molecule has 0 aromatic heterocycles. The van der Waals surface area contributed by atoms with E-state index in [2.05, 4.69) is 0 Å². The molecular formula is C5H8N2O2. The molecule has 0 saturated carbocycles. The summed E-state index contributed by atoms with van der Waals surface area (Å²) in [4.78, 5) is 11.5. The van der Waals surface area contributed by atoms with Crippen molar-refractivity contribution < 1.29 is 4.92 Å². The van der Waals surface area contributed by atoms with E-state index in [-0.39, 0.29) is 4.92 Å². The molecule has 0 aliphatic carbocycles. The topological polar surface area (TPSA) is 46.4 Å². The van der Waals surface area contributed by atoms with E-state index in [9.17, 15) is 10.1 Å². The molecule has 1 aliphatic heterocycles. The summed E-state index contributed by atoms with van der Waals surface area (Å²) in [6.45, 7) is 0.774. The maximum absolute atomic E-state index is 10.1. The van der Waals surface area contributed by atoms with E-state index < -0.39 is 0 Å². The molecule has 0 aromatic rings. The van der Waals surface area contributed by atoms with Crippen LogP contribution in [0.2, 0.25) is 0 Å². The van der Waals surface area contributed by atoms with Gasteiger partial charge < -0.3 is 4.90 Å². The molecule has 1 aliphatic rings. The van der Waals surface area contributed by atoms with Gasteiger partial charge in [-0.3, -0.25) is 10.1 Å². The summed E-state index contributed by atoms with van der Waals surface area (Å²) in [5.41, 5.74) is 0.317. The average Bonchev–Trinajstić information content (AvgIpc) is 2.14. The molecule has 0 bridgehead atoms. The molecule has 4 heteroatoms. The van der Waals surface area contributed by atoms with E-state index in [0.29, 0.717) is 12.1 Å². The van der Waals surface area contributed by atoms with Crippen LogP contribution in [0.25, 0.3) is 0 Å². The van der Waals surface area contributed by atoms with E-state index in [1.807, 2.05) is 11.9 Å². The number of nitro groups is 1. The third-order valence-electron chi connectivity index (χ3n) is 1.32. The first-order valence-electron chi connectivity index (χ1n) is 2.75. The Morgan fingerprint density at radius 1 is 1.89 bits per heavy atom. The molecule has 0 N–H and O–H groups in total. The highest BCUT2D eigenvalue weighted by molar-refractivity contribution is 4.97. The van der Waals surface area contributed by atoms with Gasteiger partial charge in [-0.15, -0.1) is 0 Å². The summed E-state index contributed by atoms with van der Waals surface area (Å²) < 4.78 is 0. The molecule has 4 nitrogen and oxygen atoms in total. The van der Waals surface area contributed by atoms with Crippen LogP contribution in [0.3, 0.4) is 0 Å². The van der Waals surface area contributed by atoms with E-state index >= 15 is 0 Å². The van der Waals surface area contributed by atoms with Crippen molar-refractivity contribution in [2.45, 2.75) is 6.42 Å². The highest BCUT2D eigenvalue weighted by Gasteiger charge is 2.17. The van der Waals surface area contributed by atoms with Gasteiger partial charge in [-0.2, -0.15) is 0 Å².